The van der Waals surface area contributed by atoms with E-state index in [1.165, 1.54) is 6.07 Å². The summed E-state index contributed by atoms with van der Waals surface area (Å²) in [4.78, 5) is 29.5. The van der Waals surface area contributed by atoms with E-state index in [1.54, 1.807) is 13.1 Å². The molecule has 0 bridgehead atoms. The molecule has 2 N–H and O–H groups in total. The molecule has 0 fully saturated rings. The topological polar surface area (TPSA) is 87.2 Å². The van der Waals surface area contributed by atoms with Crippen molar-refractivity contribution in [3.63, 3.8) is 0 Å². The number of amides is 1. The van der Waals surface area contributed by atoms with Gasteiger partial charge >= 0.3 is 0 Å². The molecule has 0 saturated carbocycles. The molecule has 0 saturated heterocycles. The molecule has 108 valence electrons. The van der Waals surface area contributed by atoms with Crippen molar-refractivity contribution in [1.82, 2.24) is 15.4 Å². The Kier molecular flexibility index (Phi) is 5.28. The van der Waals surface area contributed by atoms with Crippen LogP contribution < -0.4 is 11.0 Å². The summed E-state index contributed by atoms with van der Waals surface area (Å²) >= 11 is 1.15. The van der Waals surface area contributed by atoms with E-state index >= 15 is 0 Å². The Hall–Kier alpha value is -2.41. The van der Waals surface area contributed by atoms with Crippen LogP contribution in [-0.4, -0.2) is 27.8 Å². The predicted molar refractivity (Wildman–Crippen MR) is 82.5 cm³/mol. The van der Waals surface area contributed by atoms with Crippen molar-refractivity contribution < 1.29 is 4.79 Å². The Bertz CT molecular complexity index is 698. The zero-order chi connectivity index (χ0) is 15.1. The Morgan fingerprint density at radius 3 is 2.90 bits per heavy atom. The molecular weight excluding hydrogens is 288 g/mol. The highest BCUT2D eigenvalue weighted by atomic mass is 32.2. The number of aryl methyl sites for hydroxylation is 1. The van der Waals surface area contributed by atoms with Crippen molar-refractivity contribution in [2.24, 2.45) is 5.10 Å². The van der Waals surface area contributed by atoms with Crippen LogP contribution in [0.2, 0.25) is 0 Å². The minimum Gasteiger partial charge on any atom is -0.301 e. The summed E-state index contributed by atoms with van der Waals surface area (Å²) in [7, 11) is 0. The second-order valence-electron chi connectivity index (χ2n) is 4.18. The second-order valence-corrected chi connectivity index (χ2v) is 5.15. The molecule has 0 unspecified atom stereocenters. The van der Waals surface area contributed by atoms with Crippen molar-refractivity contribution in [3.8, 4) is 0 Å². The maximum absolute atomic E-state index is 11.6. The molecule has 2 aromatic rings. The van der Waals surface area contributed by atoms with Gasteiger partial charge in [0.05, 0.1) is 12.0 Å². The molecule has 0 aliphatic heterocycles. The molecule has 7 heteroatoms. The number of hydrogen-bond acceptors (Lipinski definition) is 5. The number of carbonyl (C=O) groups is 1. The molecular formula is C14H14N4O2S. The van der Waals surface area contributed by atoms with Gasteiger partial charge in [0, 0.05) is 11.8 Å². The molecule has 6 nitrogen and oxygen atoms in total. The smallest absolute Gasteiger partial charge is 0.251 e. The van der Waals surface area contributed by atoms with Gasteiger partial charge in [-0.3, -0.25) is 9.59 Å². The first-order valence-electron chi connectivity index (χ1n) is 6.21. The van der Waals surface area contributed by atoms with Crippen molar-refractivity contribution in [2.75, 3.05) is 5.75 Å². The van der Waals surface area contributed by atoms with E-state index in [1.807, 2.05) is 30.3 Å². The van der Waals surface area contributed by atoms with E-state index in [9.17, 15) is 9.59 Å². The van der Waals surface area contributed by atoms with Gasteiger partial charge in [0.2, 0.25) is 0 Å². The Balaban J connectivity index is 1.82. The van der Waals surface area contributed by atoms with E-state index in [0.717, 1.165) is 17.3 Å². The number of hydrogen-bond donors (Lipinski definition) is 2. The monoisotopic (exact) mass is 302 g/mol. The van der Waals surface area contributed by atoms with Crippen LogP contribution in [-0.2, 0) is 4.79 Å². The van der Waals surface area contributed by atoms with Crippen LogP contribution >= 0.6 is 11.8 Å². The fraction of sp³-hybridized carbons (Fsp3) is 0.143. The van der Waals surface area contributed by atoms with Crippen LogP contribution in [0, 0.1) is 6.92 Å². The highest BCUT2D eigenvalue weighted by Crippen LogP contribution is 2.10. The number of thioether (sulfide) groups is 1. The molecule has 0 radical (unpaired) electrons. The van der Waals surface area contributed by atoms with E-state index in [2.05, 4.69) is 20.5 Å². The largest absolute Gasteiger partial charge is 0.301 e. The first-order valence-corrected chi connectivity index (χ1v) is 7.20. The lowest BCUT2D eigenvalue weighted by Crippen LogP contribution is -2.20. The Labute approximate surface area is 125 Å². The molecule has 21 heavy (non-hydrogen) atoms. The highest BCUT2D eigenvalue weighted by molar-refractivity contribution is 7.99. The number of nitrogens with one attached hydrogen (secondary N) is 2. The fourth-order valence-corrected chi connectivity index (χ4v) is 2.22. The molecule has 1 heterocycles. The normalized spacial score (nSPS) is 10.7. The third kappa shape index (κ3) is 5.23. The van der Waals surface area contributed by atoms with E-state index < -0.39 is 0 Å². The summed E-state index contributed by atoms with van der Waals surface area (Å²) in [6.07, 6.45) is 1.56. The first-order chi connectivity index (χ1) is 10.1. The highest BCUT2D eigenvalue weighted by Gasteiger charge is 2.04. The lowest BCUT2D eigenvalue weighted by molar-refractivity contribution is -0.118. The third-order valence-corrected chi connectivity index (χ3v) is 3.26. The quantitative estimate of drug-likeness (QED) is 0.377. The molecule has 0 aliphatic carbocycles. The summed E-state index contributed by atoms with van der Waals surface area (Å²) in [5, 5.41) is 4.28. The first kappa shape index (κ1) is 15.0. The number of H-pyrrole nitrogens is 1. The van der Waals surface area contributed by atoms with Crippen molar-refractivity contribution in [2.45, 2.75) is 12.1 Å². The SMILES string of the molecule is Cc1cc(=O)[nH]c(SCC(=O)NN=Cc2ccccc2)n1. The number of aromatic nitrogens is 2. The number of hydrazone groups is 1. The molecule has 0 aliphatic rings. The van der Waals surface area contributed by atoms with Gasteiger partial charge in [-0.1, -0.05) is 42.1 Å². The molecule has 0 spiro atoms. The number of carbonyl (C=O) groups excluding carboxylic acids is 1. The summed E-state index contributed by atoms with van der Waals surface area (Å²) in [6, 6.07) is 10.8. The van der Waals surface area contributed by atoms with Crippen molar-refractivity contribution in [3.05, 3.63) is 58.0 Å². The van der Waals surface area contributed by atoms with Crippen LogP contribution in [0.15, 0.2) is 51.5 Å². The van der Waals surface area contributed by atoms with Gasteiger partial charge in [0.25, 0.3) is 11.5 Å². The number of rotatable bonds is 5. The van der Waals surface area contributed by atoms with Crippen LogP contribution in [0.3, 0.4) is 0 Å². The van der Waals surface area contributed by atoms with Gasteiger partial charge in [-0.15, -0.1) is 0 Å². The third-order valence-electron chi connectivity index (χ3n) is 2.39. The predicted octanol–water partition coefficient (Wildman–Crippen LogP) is 1.32. The number of benzene rings is 1. The van der Waals surface area contributed by atoms with Crippen LogP contribution in [0.4, 0.5) is 0 Å². The fourth-order valence-electron chi connectivity index (χ4n) is 1.50. The van der Waals surface area contributed by atoms with Crippen molar-refractivity contribution >= 4 is 23.9 Å². The van der Waals surface area contributed by atoms with Crippen LogP contribution in [0.5, 0.6) is 0 Å². The van der Waals surface area contributed by atoms with E-state index in [0.29, 0.717) is 10.9 Å². The average molecular weight is 302 g/mol. The number of aromatic amines is 1. The molecule has 0 atom stereocenters. The maximum atomic E-state index is 11.6. The van der Waals surface area contributed by atoms with Crippen LogP contribution in [0.25, 0.3) is 0 Å². The lowest BCUT2D eigenvalue weighted by atomic mass is 10.2. The molecule has 2 rings (SSSR count). The summed E-state index contributed by atoms with van der Waals surface area (Å²) in [5.41, 5.74) is 3.70. The Morgan fingerprint density at radius 2 is 2.19 bits per heavy atom. The summed E-state index contributed by atoms with van der Waals surface area (Å²) in [5.74, 6) is -0.144. The minimum absolute atomic E-state index is 0.124. The summed E-state index contributed by atoms with van der Waals surface area (Å²) < 4.78 is 0. The van der Waals surface area contributed by atoms with Gasteiger partial charge in [-0.05, 0) is 12.5 Å². The minimum atomic E-state index is -0.267. The van der Waals surface area contributed by atoms with Crippen molar-refractivity contribution in [1.29, 1.82) is 0 Å². The lowest BCUT2D eigenvalue weighted by Gasteiger charge is -2.01. The standard InChI is InChI=1S/C14H14N4O2S/c1-10-7-12(19)17-14(16-10)21-9-13(20)18-15-8-11-5-3-2-4-6-11/h2-8H,9H2,1H3,(H,18,20)(H,16,17,19). The van der Waals surface area contributed by atoms with Gasteiger partial charge in [0.15, 0.2) is 5.16 Å². The maximum Gasteiger partial charge on any atom is 0.251 e. The number of nitrogens with zero attached hydrogens (tertiary/aromatic N) is 2. The molecule has 1 aromatic heterocycles. The average Bonchev–Trinajstić information content (AvgIpc) is 2.45. The van der Waals surface area contributed by atoms with E-state index in [4.69, 9.17) is 0 Å². The Morgan fingerprint density at radius 1 is 1.43 bits per heavy atom. The van der Waals surface area contributed by atoms with E-state index in [-0.39, 0.29) is 17.2 Å². The van der Waals surface area contributed by atoms with Gasteiger partial charge in [0.1, 0.15) is 0 Å². The van der Waals surface area contributed by atoms with Gasteiger partial charge in [-0.2, -0.15) is 5.10 Å². The van der Waals surface area contributed by atoms with Gasteiger partial charge < -0.3 is 4.98 Å². The zero-order valence-corrected chi connectivity index (χ0v) is 12.2. The van der Waals surface area contributed by atoms with Gasteiger partial charge in [-0.25, -0.2) is 10.4 Å². The zero-order valence-electron chi connectivity index (χ0n) is 11.4. The molecule has 1 amide bonds. The van der Waals surface area contributed by atoms with Crippen LogP contribution in [0.1, 0.15) is 11.3 Å². The molecule has 1 aromatic carbocycles. The second kappa shape index (κ2) is 7.39. The summed E-state index contributed by atoms with van der Waals surface area (Å²) in [6.45, 7) is 1.73.